The summed E-state index contributed by atoms with van der Waals surface area (Å²) in [6, 6.07) is 4.47. The Labute approximate surface area is 87.5 Å². The standard InChI is InChI=1S/C8H6BrFN2O2/c9-5-2-1-3-6(8(5)10)12-7(13)4-11-14/h1-4,14H,(H,12,13)/b11-4-. The Bertz CT molecular complexity index is 382. The average Bonchev–Trinajstić information content (AvgIpc) is 2.13. The third-order valence-corrected chi connectivity index (χ3v) is 2.00. The first-order chi connectivity index (χ1) is 6.65. The highest BCUT2D eigenvalue weighted by Gasteiger charge is 2.07. The monoisotopic (exact) mass is 260 g/mol. The Morgan fingerprint density at radius 2 is 2.36 bits per heavy atom. The molecule has 4 nitrogen and oxygen atoms in total. The first-order valence-corrected chi connectivity index (χ1v) is 4.37. The Kier molecular flexibility index (Phi) is 3.58. The minimum Gasteiger partial charge on any atom is -0.411 e. The minimum atomic E-state index is -0.704. The third-order valence-electron chi connectivity index (χ3n) is 1.38. The van der Waals surface area contributed by atoms with Crippen molar-refractivity contribution in [2.45, 2.75) is 0 Å². The van der Waals surface area contributed by atoms with Gasteiger partial charge in [0.2, 0.25) is 0 Å². The van der Waals surface area contributed by atoms with Crippen molar-refractivity contribution in [3.63, 3.8) is 0 Å². The largest absolute Gasteiger partial charge is 0.411 e. The minimum absolute atomic E-state index is 0.0178. The zero-order valence-corrected chi connectivity index (χ0v) is 8.45. The molecule has 0 aliphatic carbocycles. The van der Waals surface area contributed by atoms with Crippen LogP contribution in [0.25, 0.3) is 0 Å². The van der Waals surface area contributed by atoms with Crippen LogP contribution in [0.15, 0.2) is 27.8 Å². The molecule has 0 aromatic heterocycles. The number of nitrogens with zero attached hydrogens (tertiary/aromatic N) is 1. The van der Waals surface area contributed by atoms with Crippen molar-refractivity contribution in [2.24, 2.45) is 5.16 Å². The van der Waals surface area contributed by atoms with Crippen LogP contribution in [0.5, 0.6) is 0 Å². The van der Waals surface area contributed by atoms with Crippen LogP contribution < -0.4 is 5.32 Å². The molecule has 0 aliphatic rings. The summed E-state index contributed by atoms with van der Waals surface area (Å²) >= 11 is 2.97. The van der Waals surface area contributed by atoms with E-state index in [2.05, 4.69) is 26.4 Å². The normalized spacial score (nSPS) is 10.4. The lowest BCUT2D eigenvalue weighted by atomic mass is 10.3. The third kappa shape index (κ3) is 2.53. The Morgan fingerprint density at radius 3 is 3.00 bits per heavy atom. The Balaban J connectivity index is 2.87. The van der Waals surface area contributed by atoms with Crippen molar-refractivity contribution in [2.75, 3.05) is 5.32 Å². The van der Waals surface area contributed by atoms with Gasteiger partial charge in [0.15, 0.2) is 5.82 Å². The highest BCUT2D eigenvalue weighted by atomic mass is 79.9. The van der Waals surface area contributed by atoms with Gasteiger partial charge in [-0.2, -0.15) is 0 Å². The van der Waals surface area contributed by atoms with Gasteiger partial charge in [-0.3, -0.25) is 4.79 Å². The second-order valence-corrected chi connectivity index (χ2v) is 3.19. The van der Waals surface area contributed by atoms with Crippen LogP contribution in [0.4, 0.5) is 10.1 Å². The summed E-state index contributed by atoms with van der Waals surface area (Å²) in [6.45, 7) is 0. The van der Waals surface area contributed by atoms with Gasteiger partial charge in [0.1, 0.15) is 6.21 Å². The van der Waals surface area contributed by atoms with Crippen molar-refractivity contribution in [3.05, 3.63) is 28.5 Å². The molecule has 0 saturated heterocycles. The van der Waals surface area contributed by atoms with Crippen LogP contribution in [0.3, 0.4) is 0 Å². The molecule has 1 aromatic carbocycles. The van der Waals surface area contributed by atoms with E-state index in [0.717, 1.165) is 0 Å². The number of hydrogen-bond donors (Lipinski definition) is 2. The number of hydrogen-bond acceptors (Lipinski definition) is 3. The molecule has 1 amide bonds. The number of anilines is 1. The van der Waals surface area contributed by atoms with Crippen LogP contribution in [0.2, 0.25) is 0 Å². The van der Waals surface area contributed by atoms with Crippen molar-refractivity contribution in [1.29, 1.82) is 0 Å². The molecule has 0 radical (unpaired) electrons. The van der Waals surface area contributed by atoms with E-state index in [-0.39, 0.29) is 10.2 Å². The molecular formula is C8H6BrFN2O2. The van der Waals surface area contributed by atoms with E-state index in [1.165, 1.54) is 12.1 Å². The number of carbonyl (C=O) groups excluding carboxylic acids is 1. The zero-order chi connectivity index (χ0) is 10.6. The zero-order valence-electron chi connectivity index (χ0n) is 6.87. The molecule has 74 valence electrons. The summed E-state index contributed by atoms with van der Waals surface area (Å²) in [5.74, 6) is -1.28. The highest BCUT2D eigenvalue weighted by Crippen LogP contribution is 2.22. The van der Waals surface area contributed by atoms with Crippen LogP contribution in [-0.2, 0) is 4.79 Å². The second kappa shape index (κ2) is 4.71. The van der Waals surface area contributed by atoms with Crippen LogP contribution in [0, 0.1) is 5.82 Å². The first kappa shape index (κ1) is 10.6. The lowest BCUT2D eigenvalue weighted by Crippen LogP contribution is -2.13. The predicted octanol–water partition coefficient (Wildman–Crippen LogP) is 1.99. The maximum atomic E-state index is 13.2. The van der Waals surface area contributed by atoms with Gasteiger partial charge in [-0.1, -0.05) is 11.2 Å². The molecule has 2 N–H and O–H groups in total. The van der Waals surface area contributed by atoms with Gasteiger partial charge < -0.3 is 10.5 Å². The van der Waals surface area contributed by atoms with E-state index in [0.29, 0.717) is 6.21 Å². The maximum absolute atomic E-state index is 13.2. The number of rotatable bonds is 2. The van der Waals surface area contributed by atoms with Gasteiger partial charge in [-0.05, 0) is 28.1 Å². The molecule has 0 saturated carbocycles. The number of nitrogens with one attached hydrogen (secondary N) is 1. The van der Waals surface area contributed by atoms with Gasteiger partial charge >= 0.3 is 0 Å². The number of halogens is 2. The smallest absolute Gasteiger partial charge is 0.270 e. The number of carbonyl (C=O) groups is 1. The molecule has 0 atom stereocenters. The molecule has 0 fully saturated rings. The van der Waals surface area contributed by atoms with Crippen LogP contribution >= 0.6 is 15.9 Å². The van der Waals surface area contributed by atoms with Crippen molar-refractivity contribution in [3.8, 4) is 0 Å². The number of oxime groups is 1. The van der Waals surface area contributed by atoms with E-state index in [4.69, 9.17) is 5.21 Å². The first-order valence-electron chi connectivity index (χ1n) is 3.57. The fraction of sp³-hybridized carbons (Fsp3) is 0. The quantitative estimate of drug-likeness (QED) is 0.485. The summed E-state index contributed by atoms with van der Waals surface area (Å²) in [7, 11) is 0. The average molecular weight is 261 g/mol. The second-order valence-electron chi connectivity index (χ2n) is 2.34. The summed E-state index contributed by atoms with van der Waals surface area (Å²) in [4.78, 5) is 10.9. The predicted molar refractivity (Wildman–Crippen MR) is 53.0 cm³/mol. The molecule has 6 heteroatoms. The SMILES string of the molecule is O=C(/C=N\O)Nc1cccc(Br)c1F. The molecule has 1 rings (SSSR count). The number of benzene rings is 1. The fourth-order valence-corrected chi connectivity index (χ4v) is 1.18. The molecule has 1 aromatic rings. The molecule has 0 heterocycles. The van der Waals surface area contributed by atoms with Crippen LogP contribution in [0.1, 0.15) is 0 Å². The summed E-state index contributed by atoms with van der Waals surface area (Å²) < 4.78 is 13.5. The summed E-state index contributed by atoms with van der Waals surface area (Å²) in [5.41, 5.74) is 0.0178. The summed E-state index contributed by atoms with van der Waals surface area (Å²) in [5, 5.41) is 12.8. The van der Waals surface area contributed by atoms with E-state index >= 15 is 0 Å². The van der Waals surface area contributed by atoms with Gasteiger partial charge in [0, 0.05) is 0 Å². The Hall–Kier alpha value is -1.43. The fourth-order valence-electron chi connectivity index (χ4n) is 0.818. The number of amides is 1. The molecule has 0 bridgehead atoms. The lowest BCUT2D eigenvalue weighted by molar-refractivity contribution is -0.110. The molecular weight excluding hydrogens is 255 g/mol. The van der Waals surface area contributed by atoms with Gasteiger partial charge in [0.05, 0.1) is 10.2 Å². The van der Waals surface area contributed by atoms with Gasteiger partial charge in [-0.25, -0.2) is 4.39 Å². The van der Waals surface area contributed by atoms with Crippen molar-refractivity contribution >= 4 is 33.7 Å². The lowest BCUT2D eigenvalue weighted by Gasteiger charge is -2.03. The highest BCUT2D eigenvalue weighted by molar-refractivity contribution is 9.10. The molecule has 14 heavy (non-hydrogen) atoms. The van der Waals surface area contributed by atoms with Crippen LogP contribution in [-0.4, -0.2) is 17.3 Å². The van der Waals surface area contributed by atoms with E-state index < -0.39 is 11.7 Å². The van der Waals surface area contributed by atoms with Gasteiger partial charge in [-0.15, -0.1) is 0 Å². The molecule has 0 unspecified atom stereocenters. The Morgan fingerprint density at radius 1 is 1.64 bits per heavy atom. The maximum Gasteiger partial charge on any atom is 0.270 e. The molecule has 0 spiro atoms. The van der Waals surface area contributed by atoms with Crippen molar-refractivity contribution in [1.82, 2.24) is 0 Å². The summed E-state index contributed by atoms with van der Waals surface area (Å²) in [6.07, 6.45) is 0.639. The van der Waals surface area contributed by atoms with E-state index in [1.807, 2.05) is 0 Å². The van der Waals surface area contributed by atoms with E-state index in [9.17, 15) is 9.18 Å². The van der Waals surface area contributed by atoms with Crippen molar-refractivity contribution < 1.29 is 14.4 Å². The molecule has 0 aliphatic heterocycles. The van der Waals surface area contributed by atoms with E-state index in [1.54, 1.807) is 6.07 Å². The topological polar surface area (TPSA) is 61.7 Å². The van der Waals surface area contributed by atoms with Gasteiger partial charge in [0.25, 0.3) is 5.91 Å².